The van der Waals surface area contributed by atoms with Gasteiger partial charge in [-0.3, -0.25) is 4.79 Å². The van der Waals surface area contributed by atoms with Crippen molar-refractivity contribution in [1.82, 2.24) is 4.90 Å². The molecule has 6 heteroatoms. The van der Waals surface area contributed by atoms with Crippen LogP contribution < -0.4 is 4.90 Å². The standard InChI is InChI=1S/C17H16Cl2N2OS/c1-20(2)7-8-21-14-5-3-4-6-15(14)23-16-12(17(21)22)9-11(18)10-13(16)19/h3-6,9-10H,7-8H2,1-2H3. The molecule has 120 valence electrons. The maximum atomic E-state index is 13.1. The third-order valence-electron chi connectivity index (χ3n) is 3.62. The maximum absolute atomic E-state index is 13.1. The van der Waals surface area contributed by atoms with Gasteiger partial charge < -0.3 is 9.80 Å². The third kappa shape index (κ3) is 3.36. The molecule has 2 aromatic carbocycles. The third-order valence-corrected chi connectivity index (χ3v) is 5.46. The average Bonchev–Trinajstić information content (AvgIpc) is 2.61. The second-order valence-corrected chi connectivity index (χ2v) is 7.49. The van der Waals surface area contributed by atoms with Gasteiger partial charge in [-0.1, -0.05) is 47.1 Å². The summed E-state index contributed by atoms with van der Waals surface area (Å²) in [4.78, 5) is 18.7. The van der Waals surface area contributed by atoms with Crippen molar-refractivity contribution in [1.29, 1.82) is 0 Å². The van der Waals surface area contributed by atoms with Gasteiger partial charge in [-0.25, -0.2) is 0 Å². The molecule has 0 aromatic heterocycles. The summed E-state index contributed by atoms with van der Waals surface area (Å²) in [5.74, 6) is -0.0660. The Hall–Kier alpha value is -1.20. The van der Waals surface area contributed by atoms with E-state index in [0.29, 0.717) is 22.2 Å². The summed E-state index contributed by atoms with van der Waals surface area (Å²) in [6.45, 7) is 1.38. The largest absolute Gasteiger partial charge is 0.308 e. The number of benzene rings is 2. The molecule has 1 amide bonds. The zero-order valence-electron chi connectivity index (χ0n) is 12.8. The molecule has 0 atom stereocenters. The predicted molar refractivity (Wildman–Crippen MR) is 97.3 cm³/mol. The van der Waals surface area contributed by atoms with Crippen LogP contribution in [0.2, 0.25) is 10.0 Å². The monoisotopic (exact) mass is 366 g/mol. The molecule has 0 unspecified atom stereocenters. The minimum absolute atomic E-state index is 0.0660. The van der Waals surface area contributed by atoms with Crippen LogP contribution in [0.4, 0.5) is 5.69 Å². The van der Waals surface area contributed by atoms with Crippen LogP contribution in [0.3, 0.4) is 0 Å². The maximum Gasteiger partial charge on any atom is 0.259 e. The Labute approximate surface area is 150 Å². The van der Waals surface area contributed by atoms with Gasteiger partial charge in [0.25, 0.3) is 5.91 Å². The number of rotatable bonds is 3. The molecule has 3 rings (SSSR count). The molecule has 1 aliphatic rings. The van der Waals surface area contributed by atoms with Crippen molar-refractivity contribution in [2.75, 3.05) is 32.1 Å². The Bertz CT molecular complexity index is 764. The van der Waals surface area contributed by atoms with Crippen molar-refractivity contribution in [3.05, 3.63) is 52.0 Å². The zero-order chi connectivity index (χ0) is 16.6. The van der Waals surface area contributed by atoms with Gasteiger partial charge in [-0.15, -0.1) is 0 Å². The first-order chi connectivity index (χ1) is 11.0. The number of carbonyl (C=O) groups excluding carboxylic acids is 1. The first-order valence-corrected chi connectivity index (χ1v) is 8.77. The fraction of sp³-hybridized carbons (Fsp3) is 0.235. The number of carbonyl (C=O) groups is 1. The van der Waals surface area contributed by atoms with Crippen molar-refractivity contribution >= 4 is 46.6 Å². The van der Waals surface area contributed by atoms with E-state index in [0.717, 1.165) is 22.0 Å². The number of hydrogen-bond donors (Lipinski definition) is 0. The molecule has 0 bridgehead atoms. The number of para-hydroxylation sites is 1. The minimum atomic E-state index is -0.0660. The normalized spacial score (nSPS) is 13.8. The highest BCUT2D eigenvalue weighted by molar-refractivity contribution is 7.99. The van der Waals surface area contributed by atoms with Gasteiger partial charge in [-0.05, 0) is 38.4 Å². The molecule has 0 fully saturated rings. The number of likely N-dealkylation sites (N-methyl/N-ethyl adjacent to an activating group) is 1. The first kappa shape index (κ1) is 16.7. The van der Waals surface area contributed by atoms with Crippen LogP contribution in [0.25, 0.3) is 0 Å². The molecule has 0 saturated heterocycles. The fourth-order valence-corrected chi connectivity index (χ4v) is 4.15. The summed E-state index contributed by atoms with van der Waals surface area (Å²) in [5.41, 5.74) is 1.47. The molecular formula is C17H16Cl2N2OS. The lowest BCUT2D eigenvalue weighted by Crippen LogP contribution is -2.36. The van der Waals surface area contributed by atoms with Crippen LogP contribution in [0.1, 0.15) is 10.4 Å². The quantitative estimate of drug-likeness (QED) is 0.788. The Balaban J connectivity index is 2.14. The second kappa shape index (κ2) is 6.73. The molecule has 0 aliphatic carbocycles. The van der Waals surface area contributed by atoms with Crippen LogP contribution in [0.5, 0.6) is 0 Å². The number of anilines is 1. The van der Waals surface area contributed by atoms with Crippen LogP contribution in [0.15, 0.2) is 46.2 Å². The van der Waals surface area contributed by atoms with Crippen molar-refractivity contribution < 1.29 is 4.79 Å². The molecule has 23 heavy (non-hydrogen) atoms. The summed E-state index contributed by atoms with van der Waals surface area (Å²) in [7, 11) is 3.98. The van der Waals surface area contributed by atoms with Crippen molar-refractivity contribution in [2.45, 2.75) is 9.79 Å². The molecule has 1 aliphatic heterocycles. The van der Waals surface area contributed by atoms with E-state index in [9.17, 15) is 4.79 Å². The van der Waals surface area contributed by atoms with Crippen LogP contribution >= 0.6 is 35.0 Å². The van der Waals surface area contributed by atoms with E-state index in [1.54, 1.807) is 17.0 Å². The first-order valence-electron chi connectivity index (χ1n) is 7.20. The van der Waals surface area contributed by atoms with E-state index < -0.39 is 0 Å². The molecule has 0 N–H and O–H groups in total. The molecule has 0 spiro atoms. The number of fused-ring (bicyclic) bond motifs is 2. The van der Waals surface area contributed by atoms with Crippen LogP contribution in [0, 0.1) is 0 Å². The highest BCUT2D eigenvalue weighted by Crippen LogP contribution is 2.45. The van der Waals surface area contributed by atoms with E-state index >= 15 is 0 Å². The Kier molecular flexibility index (Phi) is 4.87. The minimum Gasteiger partial charge on any atom is -0.308 e. The predicted octanol–water partition coefficient (Wildman–Crippen LogP) is 4.67. The Morgan fingerprint density at radius 1 is 1.17 bits per heavy atom. The average molecular weight is 367 g/mol. The summed E-state index contributed by atoms with van der Waals surface area (Å²) < 4.78 is 0. The summed E-state index contributed by atoms with van der Waals surface area (Å²) in [6.07, 6.45) is 0. The highest BCUT2D eigenvalue weighted by atomic mass is 35.5. The molecule has 3 nitrogen and oxygen atoms in total. The second-order valence-electron chi connectivity index (χ2n) is 5.59. The topological polar surface area (TPSA) is 23.6 Å². The van der Waals surface area contributed by atoms with Crippen molar-refractivity contribution in [3.63, 3.8) is 0 Å². The summed E-state index contributed by atoms with van der Waals surface area (Å²) >= 11 is 14.0. The van der Waals surface area contributed by atoms with E-state index in [1.807, 2.05) is 38.4 Å². The lowest BCUT2D eigenvalue weighted by molar-refractivity contribution is 0.0982. The van der Waals surface area contributed by atoms with E-state index in [-0.39, 0.29) is 5.91 Å². The molecule has 0 saturated carbocycles. The molecular weight excluding hydrogens is 351 g/mol. The lowest BCUT2D eigenvalue weighted by atomic mass is 10.1. The van der Waals surface area contributed by atoms with Gasteiger partial charge in [0.05, 0.1) is 16.3 Å². The van der Waals surface area contributed by atoms with E-state index in [2.05, 4.69) is 4.90 Å². The highest BCUT2D eigenvalue weighted by Gasteiger charge is 2.28. The van der Waals surface area contributed by atoms with Gasteiger partial charge in [0.15, 0.2) is 0 Å². The van der Waals surface area contributed by atoms with Crippen LogP contribution in [-0.2, 0) is 0 Å². The molecule has 2 aromatic rings. The Morgan fingerprint density at radius 2 is 1.91 bits per heavy atom. The SMILES string of the molecule is CN(C)CCN1C(=O)c2cc(Cl)cc(Cl)c2Sc2ccccc21. The van der Waals surface area contributed by atoms with Crippen molar-refractivity contribution in [3.8, 4) is 0 Å². The lowest BCUT2D eigenvalue weighted by Gasteiger charge is -2.24. The van der Waals surface area contributed by atoms with Gasteiger partial charge >= 0.3 is 0 Å². The van der Waals surface area contributed by atoms with E-state index in [1.165, 1.54) is 11.8 Å². The van der Waals surface area contributed by atoms with Gasteiger partial charge in [0.1, 0.15) is 0 Å². The molecule has 0 radical (unpaired) electrons. The fourth-order valence-electron chi connectivity index (χ4n) is 2.48. The van der Waals surface area contributed by atoms with Gasteiger partial charge in [0, 0.05) is 27.9 Å². The number of halogens is 2. The molecule has 1 heterocycles. The van der Waals surface area contributed by atoms with Crippen molar-refractivity contribution in [2.24, 2.45) is 0 Å². The summed E-state index contributed by atoms with van der Waals surface area (Å²) in [5, 5.41) is 0.983. The smallest absolute Gasteiger partial charge is 0.259 e. The van der Waals surface area contributed by atoms with Crippen LogP contribution in [-0.4, -0.2) is 38.0 Å². The number of nitrogens with zero attached hydrogens (tertiary/aromatic N) is 2. The van der Waals surface area contributed by atoms with Gasteiger partial charge in [-0.2, -0.15) is 0 Å². The number of amides is 1. The Morgan fingerprint density at radius 3 is 2.65 bits per heavy atom. The number of hydrogen-bond acceptors (Lipinski definition) is 3. The van der Waals surface area contributed by atoms with Gasteiger partial charge in [0.2, 0.25) is 0 Å². The zero-order valence-corrected chi connectivity index (χ0v) is 15.2. The summed E-state index contributed by atoms with van der Waals surface area (Å²) in [6, 6.07) is 11.3. The van der Waals surface area contributed by atoms with E-state index in [4.69, 9.17) is 23.2 Å².